The van der Waals surface area contributed by atoms with Gasteiger partial charge in [-0.05, 0) is 25.0 Å². The lowest BCUT2D eigenvalue weighted by Gasteiger charge is -2.10. The summed E-state index contributed by atoms with van der Waals surface area (Å²) < 4.78 is 5.34. The SMILES string of the molecule is CCCOCCCNc1cccc(Cl)c1C(=O)O. The molecule has 0 fully saturated rings. The molecule has 0 aliphatic heterocycles. The summed E-state index contributed by atoms with van der Waals surface area (Å²) in [6.45, 7) is 4.15. The summed E-state index contributed by atoms with van der Waals surface area (Å²) >= 11 is 5.86. The second-order valence-corrected chi connectivity index (χ2v) is 4.27. The molecule has 0 saturated carbocycles. The number of nitrogens with one attached hydrogen (secondary N) is 1. The van der Waals surface area contributed by atoms with Crippen LogP contribution in [0.15, 0.2) is 18.2 Å². The summed E-state index contributed by atoms with van der Waals surface area (Å²) in [7, 11) is 0. The van der Waals surface area contributed by atoms with Gasteiger partial charge in [0.25, 0.3) is 0 Å². The first-order valence-corrected chi connectivity index (χ1v) is 6.38. The first-order chi connectivity index (χ1) is 8.66. The van der Waals surface area contributed by atoms with Gasteiger partial charge in [0.1, 0.15) is 5.56 Å². The van der Waals surface area contributed by atoms with Crippen molar-refractivity contribution < 1.29 is 14.6 Å². The molecular weight excluding hydrogens is 254 g/mol. The van der Waals surface area contributed by atoms with Crippen LogP contribution >= 0.6 is 11.6 Å². The number of hydrogen-bond acceptors (Lipinski definition) is 3. The summed E-state index contributed by atoms with van der Waals surface area (Å²) in [4.78, 5) is 11.1. The maximum atomic E-state index is 11.1. The molecule has 100 valence electrons. The van der Waals surface area contributed by atoms with Crippen molar-refractivity contribution in [3.05, 3.63) is 28.8 Å². The molecule has 0 atom stereocenters. The van der Waals surface area contributed by atoms with E-state index in [2.05, 4.69) is 12.2 Å². The van der Waals surface area contributed by atoms with Crippen LogP contribution in [0.5, 0.6) is 0 Å². The largest absolute Gasteiger partial charge is 0.478 e. The standard InChI is InChI=1S/C13H18ClNO3/c1-2-8-18-9-4-7-15-11-6-3-5-10(14)12(11)13(16)17/h3,5-6,15H,2,4,7-9H2,1H3,(H,16,17). The van der Waals surface area contributed by atoms with Crippen LogP contribution < -0.4 is 5.32 Å². The third-order valence-electron chi connectivity index (χ3n) is 2.36. The molecule has 2 N–H and O–H groups in total. The summed E-state index contributed by atoms with van der Waals surface area (Å²) in [6, 6.07) is 5.01. The second-order valence-electron chi connectivity index (χ2n) is 3.86. The summed E-state index contributed by atoms with van der Waals surface area (Å²) in [6.07, 6.45) is 1.83. The summed E-state index contributed by atoms with van der Waals surface area (Å²) in [5.74, 6) is -1.02. The summed E-state index contributed by atoms with van der Waals surface area (Å²) in [5, 5.41) is 12.4. The van der Waals surface area contributed by atoms with Crippen LogP contribution in [0, 0.1) is 0 Å². The molecule has 0 bridgehead atoms. The average Bonchev–Trinajstić information content (AvgIpc) is 2.33. The van der Waals surface area contributed by atoms with E-state index in [1.807, 2.05) is 0 Å². The average molecular weight is 272 g/mol. The molecule has 0 aliphatic rings. The van der Waals surface area contributed by atoms with Gasteiger partial charge in [-0.3, -0.25) is 0 Å². The van der Waals surface area contributed by atoms with Crippen molar-refractivity contribution in [3.63, 3.8) is 0 Å². The highest BCUT2D eigenvalue weighted by atomic mass is 35.5. The van der Waals surface area contributed by atoms with E-state index in [0.29, 0.717) is 18.8 Å². The molecule has 5 heteroatoms. The lowest BCUT2D eigenvalue weighted by atomic mass is 10.1. The normalized spacial score (nSPS) is 10.3. The molecule has 0 spiro atoms. The van der Waals surface area contributed by atoms with Crippen molar-refractivity contribution in [3.8, 4) is 0 Å². The van der Waals surface area contributed by atoms with Gasteiger partial charge < -0.3 is 15.2 Å². The Morgan fingerprint density at radius 1 is 1.44 bits per heavy atom. The Hall–Kier alpha value is -1.26. The van der Waals surface area contributed by atoms with Crippen LogP contribution in [0.25, 0.3) is 0 Å². The molecule has 1 aromatic carbocycles. The number of ether oxygens (including phenoxy) is 1. The van der Waals surface area contributed by atoms with E-state index in [0.717, 1.165) is 19.4 Å². The van der Waals surface area contributed by atoms with E-state index in [1.54, 1.807) is 18.2 Å². The minimum Gasteiger partial charge on any atom is -0.478 e. The second kappa shape index (κ2) is 7.95. The Labute approximate surface area is 112 Å². The zero-order chi connectivity index (χ0) is 13.4. The van der Waals surface area contributed by atoms with E-state index >= 15 is 0 Å². The number of carbonyl (C=O) groups is 1. The smallest absolute Gasteiger partial charge is 0.339 e. The maximum Gasteiger partial charge on any atom is 0.339 e. The first-order valence-electron chi connectivity index (χ1n) is 6.00. The highest BCUT2D eigenvalue weighted by Gasteiger charge is 2.13. The predicted molar refractivity (Wildman–Crippen MR) is 72.6 cm³/mol. The van der Waals surface area contributed by atoms with Crippen LogP contribution in [-0.4, -0.2) is 30.8 Å². The van der Waals surface area contributed by atoms with E-state index < -0.39 is 5.97 Å². The van der Waals surface area contributed by atoms with Gasteiger partial charge in [0.2, 0.25) is 0 Å². The third kappa shape index (κ3) is 4.55. The van der Waals surface area contributed by atoms with E-state index in [9.17, 15) is 4.79 Å². The monoisotopic (exact) mass is 271 g/mol. The van der Waals surface area contributed by atoms with Crippen molar-refractivity contribution in [1.82, 2.24) is 0 Å². The summed E-state index contributed by atoms with van der Waals surface area (Å²) in [5.41, 5.74) is 0.666. The third-order valence-corrected chi connectivity index (χ3v) is 2.67. The van der Waals surface area contributed by atoms with Gasteiger partial charge in [0.15, 0.2) is 0 Å². The van der Waals surface area contributed by atoms with E-state index in [-0.39, 0.29) is 10.6 Å². The molecular formula is C13H18ClNO3. The zero-order valence-electron chi connectivity index (χ0n) is 10.4. The van der Waals surface area contributed by atoms with Gasteiger partial charge in [0.05, 0.1) is 10.7 Å². The van der Waals surface area contributed by atoms with Crippen molar-refractivity contribution in [2.75, 3.05) is 25.1 Å². The minimum absolute atomic E-state index is 0.119. The predicted octanol–water partition coefficient (Wildman–Crippen LogP) is 3.27. The van der Waals surface area contributed by atoms with Gasteiger partial charge in [-0.25, -0.2) is 4.79 Å². The zero-order valence-corrected chi connectivity index (χ0v) is 11.2. The Kier molecular flexibility index (Phi) is 6.54. The van der Waals surface area contributed by atoms with Gasteiger partial charge >= 0.3 is 5.97 Å². The van der Waals surface area contributed by atoms with Gasteiger partial charge in [-0.15, -0.1) is 0 Å². The van der Waals surface area contributed by atoms with Crippen molar-refractivity contribution >= 4 is 23.3 Å². The number of halogens is 1. The number of anilines is 1. The molecule has 0 amide bonds. The van der Waals surface area contributed by atoms with Gasteiger partial charge in [0, 0.05) is 19.8 Å². The Balaban J connectivity index is 2.47. The fraction of sp³-hybridized carbons (Fsp3) is 0.462. The van der Waals surface area contributed by atoms with Crippen LogP contribution in [0.1, 0.15) is 30.1 Å². The number of benzene rings is 1. The topological polar surface area (TPSA) is 58.6 Å². The Morgan fingerprint density at radius 3 is 2.89 bits per heavy atom. The molecule has 18 heavy (non-hydrogen) atoms. The van der Waals surface area contributed by atoms with Crippen LogP contribution in [-0.2, 0) is 4.74 Å². The number of carboxylic acid groups (broad SMARTS) is 1. The number of carboxylic acids is 1. The van der Waals surface area contributed by atoms with Crippen molar-refractivity contribution in [2.24, 2.45) is 0 Å². The first kappa shape index (κ1) is 14.8. The molecule has 0 saturated heterocycles. The molecule has 0 aromatic heterocycles. The van der Waals surface area contributed by atoms with Crippen LogP contribution in [0.2, 0.25) is 5.02 Å². The molecule has 0 heterocycles. The number of hydrogen-bond donors (Lipinski definition) is 2. The number of aromatic carboxylic acids is 1. The highest BCUT2D eigenvalue weighted by Crippen LogP contribution is 2.24. The molecule has 1 aromatic rings. The lowest BCUT2D eigenvalue weighted by molar-refractivity contribution is 0.0698. The van der Waals surface area contributed by atoms with Gasteiger partial charge in [-0.1, -0.05) is 24.6 Å². The number of rotatable bonds is 8. The molecule has 1 rings (SSSR count). The van der Waals surface area contributed by atoms with Crippen LogP contribution in [0.3, 0.4) is 0 Å². The Morgan fingerprint density at radius 2 is 2.22 bits per heavy atom. The van der Waals surface area contributed by atoms with Gasteiger partial charge in [-0.2, -0.15) is 0 Å². The molecule has 4 nitrogen and oxygen atoms in total. The van der Waals surface area contributed by atoms with E-state index in [1.165, 1.54) is 0 Å². The molecule has 0 radical (unpaired) electrons. The fourth-order valence-corrected chi connectivity index (χ4v) is 1.79. The highest BCUT2D eigenvalue weighted by molar-refractivity contribution is 6.34. The van der Waals surface area contributed by atoms with Crippen LogP contribution in [0.4, 0.5) is 5.69 Å². The van der Waals surface area contributed by atoms with Crippen molar-refractivity contribution in [2.45, 2.75) is 19.8 Å². The molecule has 0 aliphatic carbocycles. The lowest BCUT2D eigenvalue weighted by Crippen LogP contribution is -2.10. The fourth-order valence-electron chi connectivity index (χ4n) is 1.53. The van der Waals surface area contributed by atoms with E-state index in [4.69, 9.17) is 21.4 Å². The quantitative estimate of drug-likeness (QED) is 0.713. The molecule has 0 unspecified atom stereocenters. The Bertz CT molecular complexity index is 396. The minimum atomic E-state index is -1.02. The van der Waals surface area contributed by atoms with Crippen molar-refractivity contribution in [1.29, 1.82) is 0 Å². The maximum absolute atomic E-state index is 11.1.